The van der Waals surface area contributed by atoms with Crippen LogP contribution >= 0.6 is 0 Å². The number of nitrogens with zero attached hydrogens (tertiary/aromatic N) is 2. The molecule has 0 amide bonds. The highest BCUT2D eigenvalue weighted by atomic mass is 16.5. The predicted octanol–water partition coefficient (Wildman–Crippen LogP) is 11.0. The normalized spacial score (nSPS) is 14.5. The smallest absolute Gasteiger partial charge is 0.0934 e. The quantitative estimate of drug-likeness (QED) is 0.0673. The summed E-state index contributed by atoms with van der Waals surface area (Å²) in [7, 11) is 0. The molecule has 1 rings (SSSR count). The van der Waals surface area contributed by atoms with Crippen LogP contribution in [0.3, 0.4) is 0 Å². The molecular formula is C41H84N2O3. The second-order valence-electron chi connectivity index (χ2n) is 14.6. The van der Waals surface area contributed by atoms with Crippen LogP contribution in [0, 0.1) is 0 Å². The zero-order chi connectivity index (χ0) is 33.2. The van der Waals surface area contributed by atoms with E-state index in [-0.39, 0.29) is 12.7 Å². The molecule has 0 radical (unpaired) electrons. The van der Waals surface area contributed by atoms with Gasteiger partial charge in [0.15, 0.2) is 0 Å². The topological polar surface area (TPSA) is 45.2 Å². The van der Waals surface area contributed by atoms with Gasteiger partial charge in [-0.3, -0.25) is 9.80 Å². The Morgan fingerprint density at radius 2 is 1.02 bits per heavy atom. The van der Waals surface area contributed by atoms with Gasteiger partial charge in [0.1, 0.15) is 0 Å². The number of unbranched alkanes of at least 4 members (excludes halogenated alkanes) is 21. The maximum absolute atomic E-state index is 9.70. The fourth-order valence-corrected chi connectivity index (χ4v) is 6.87. The van der Waals surface area contributed by atoms with Crippen LogP contribution in [0.15, 0.2) is 0 Å². The molecule has 1 saturated carbocycles. The number of hydrogen-bond acceptors (Lipinski definition) is 5. The van der Waals surface area contributed by atoms with Gasteiger partial charge < -0.3 is 14.6 Å². The Bertz CT molecular complexity index is 588. The lowest BCUT2D eigenvalue weighted by Crippen LogP contribution is -2.47. The van der Waals surface area contributed by atoms with Crippen LogP contribution in [0.25, 0.3) is 0 Å². The van der Waals surface area contributed by atoms with E-state index in [9.17, 15) is 5.11 Å². The van der Waals surface area contributed by atoms with Gasteiger partial charge in [-0.2, -0.15) is 0 Å². The average molecular weight is 653 g/mol. The number of aliphatic hydroxyl groups excluding tert-OH is 1. The summed E-state index contributed by atoms with van der Waals surface area (Å²) in [5.74, 6) is 0. The molecule has 0 aromatic rings. The fraction of sp³-hybridized carbons (Fsp3) is 1.00. The van der Waals surface area contributed by atoms with Crippen molar-refractivity contribution in [2.24, 2.45) is 0 Å². The SMILES string of the molecule is CCCCCCCCCCCCOCC(CN(CCCCCC)CCN(CCO)C1CCC1)OCCCCCCCCCCCC. The molecule has 276 valence electrons. The van der Waals surface area contributed by atoms with Gasteiger partial charge in [0.05, 0.1) is 19.3 Å². The maximum atomic E-state index is 9.70. The lowest BCUT2D eigenvalue weighted by molar-refractivity contribution is -0.0363. The lowest BCUT2D eigenvalue weighted by Gasteiger charge is -2.38. The van der Waals surface area contributed by atoms with Gasteiger partial charge in [-0.1, -0.05) is 162 Å². The largest absolute Gasteiger partial charge is 0.395 e. The number of rotatable bonds is 38. The third-order valence-corrected chi connectivity index (χ3v) is 10.3. The summed E-state index contributed by atoms with van der Waals surface area (Å²) in [5.41, 5.74) is 0. The Morgan fingerprint density at radius 1 is 0.543 bits per heavy atom. The van der Waals surface area contributed by atoms with Crippen molar-refractivity contribution >= 4 is 0 Å². The van der Waals surface area contributed by atoms with Crippen LogP contribution in [0.4, 0.5) is 0 Å². The second-order valence-corrected chi connectivity index (χ2v) is 14.6. The van der Waals surface area contributed by atoms with Crippen LogP contribution < -0.4 is 0 Å². The fourth-order valence-electron chi connectivity index (χ4n) is 6.87. The molecule has 46 heavy (non-hydrogen) atoms. The third-order valence-electron chi connectivity index (χ3n) is 10.3. The Hall–Kier alpha value is -0.200. The number of aliphatic hydroxyl groups is 1. The molecule has 0 spiro atoms. The average Bonchev–Trinajstić information content (AvgIpc) is 3.03. The molecule has 1 aliphatic carbocycles. The van der Waals surface area contributed by atoms with Gasteiger partial charge in [0.2, 0.25) is 0 Å². The first-order chi connectivity index (χ1) is 22.7. The van der Waals surface area contributed by atoms with Gasteiger partial charge in [0.25, 0.3) is 0 Å². The molecule has 0 bridgehead atoms. The van der Waals surface area contributed by atoms with Crippen molar-refractivity contribution in [2.45, 2.75) is 206 Å². The minimum Gasteiger partial charge on any atom is -0.395 e. The molecule has 5 heteroatoms. The molecule has 1 fully saturated rings. The Balaban J connectivity index is 2.48. The van der Waals surface area contributed by atoms with Crippen LogP contribution in [-0.2, 0) is 9.47 Å². The van der Waals surface area contributed by atoms with E-state index in [0.29, 0.717) is 6.04 Å². The molecule has 5 nitrogen and oxygen atoms in total. The van der Waals surface area contributed by atoms with E-state index in [1.54, 1.807) is 0 Å². The van der Waals surface area contributed by atoms with Crippen molar-refractivity contribution in [3.63, 3.8) is 0 Å². The van der Waals surface area contributed by atoms with E-state index in [2.05, 4.69) is 30.6 Å². The number of hydrogen-bond donors (Lipinski definition) is 1. The highest BCUT2D eigenvalue weighted by Gasteiger charge is 2.25. The van der Waals surface area contributed by atoms with Crippen molar-refractivity contribution < 1.29 is 14.6 Å². The summed E-state index contributed by atoms with van der Waals surface area (Å²) < 4.78 is 12.9. The first-order valence-electron chi connectivity index (χ1n) is 21.0. The molecule has 0 aromatic heterocycles. The first kappa shape index (κ1) is 43.8. The standard InChI is InChI=1S/C41H84N2O3/c1-4-7-10-13-15-17-19-21-23-26-36-45-39-41(46-37-27-24-22-20-18-16-14-11-8-5-2)38-42(31-25-12-9-6-3)32-33-43(34-35-44)40-29-28-30-40/h40-41,44H,4-39H2,1-3H3. The monoisotopic (exact) mass is 653 g/mol. The zero-order valence-corrected chi connectivity index (χ0v) is 31.8. The van der Waals surface area contributed by atoms with E-state index in [4.69, 9.17) is 9.47 Å². The Labute approximate surface area is 289 Å². The minimum atomic E-state index is 0.155. The highest BCUT2D eigenvalue weighted by molar-refractivity contribution is 4.81. The first-order valence-corrected chi connectivity index (χ1v) is 21.0. The Kier molecular flexibility index (Phi) is 33.0. The van der Waals surface area contributed by atoms with Crippen molar-refractivity contribution in [1.29, 1.82) is 0 Å². The molecule has 1 unspecified atom stereocenters. The van der Waals surface area contributed by atoms with Gasteiger partial charge in [0, 0.05) is 45.4 Å². The molecule has 0 aromatic carbocycles. The highest BCUT2D eigenvalue weighted by Crippen LogP contribution is 2.24. The van der Waals surface area contributed by atoms with Crippen LogP contribution in [-0.4, -0.2) is 86.2 Å². The van der Waals surface area contributed by atoms with E-state index in [1.807, 2.05) is 0 Å². The summed E-state index contributed by atoms with van der Waals surface area (Å²) in [4.78, 5) is 5.20. The summed E-state index contributed by atoms with van der Waals surface area (Å²) >= 11 is 0. The molecule has 1 aliphatic rings. The number of ether oxygens (including phenoxy) is 2. The van der Waals surface area contributed by atoms with Crippen molar-refractivity contribution in [3.8, 4) is 0 Å². The van der Waals surface area contributed by atoms with Crippen LogP contribution in [0.1, 0.15) is 194 Å². The van der Waals surface area contributed by atoms with Crippen LogP contribution in [0.2, 0.25) is 0 Å². The van der Waals surface area contributed by atoms with Gasteiger partial charge in [-0.05, 0) is 38.6 Å². The van der Waals surface area contributed by atoms with Crippen molar-refractivity contribution in [3.05, 3.63) is 0 Å². The van der Waals surface area contributed by atoms with Gasteiger partial charge >= 0.3 is 0 Å². The molecule has 0 heterocycles. The van der Waals surface area contributed by atoms with Crippen molar-refractivity contribution in [1.82, 2.24) is 9.80 Å². The van der Waals surface area contributed by atoms with E-state index >= 15 is 0 Å². The molecule has 0 aliphatic heterocycles. The third kappa shape index (κ3) is 26.7. The van der Waals surface area contributed by atoms with Crippen LogP contribution in [0.5, 0.6) is 0 Å². The zero-order valence-electron chi connectivity index (χ0n) is 31.8. The summed E-state index contributed by atoms with van der Waals surface area (Å²) in [6.07, 6.45) is 36.5. The molecule has 1 atom stereocenters. The van der Waals surface area contributed by atoms with E-state index in [0.717, 1.165) is 52.5 Å². The maximum Gasteiger partial charge on any atom is 0.0934 e. The van der Waals surface area contributed by atoms with E-state index < -0.39 is 0 Å². The summed E-state index contributed by atoms with van der Waals surface area (Å²) in [6, 6.07) is 0.682. The second kappa shape index (κ2) is 34.7. The van der Waals surface area contributed by atoms with Gasteiger partial charge in [-0.25, -0.2) is 0 Å². The molecule has 0 saturated heterocycles. The van der Waals surface area contributed by atoms with Gasteiger partial charge in [-0.15, -0.1) is 0 Å². The molecular weight excluding hydrogens is 568 g/mol. The summed E-state index contributed by atoms with van der Waals surface area (Å²) in [6.45, 7) is 14.7. The summed E-state index contributed by atoms with van der Waals surface area (Å²) in [5, 5.41) is 9.70. The van der Waals surface area contributed by atoms with Crippen molar-refractivity contribution in [2.75, 3.05) is 59.2 Å². The van der Waals surface area contributed by atoms with E-state index in [1.165, 1.54) is 173 Å². The minimum absolute atomic E-state index is 0.155. The predicted molar refractivity (Wildman–Crippen MR) is 201 cm³/mol. The molecule has 1 N–H and O–H groups in total. The Morgan fingerprint density at radius 3 is 1.50 bits per heavy atom. The lowest BCUT2D eigenvalue weighted by atomic mass is 9.91.